The molecule has 1 aromatic carbocycles. The van der Waals surface area contributed by atoms with Crippen LogP contribution in [0.25, 0.3) is 11.1 Å². The molecule has 2 aromatic rings. The molecule has 2 heterocycles. The summed E-state index contributed by atoms with van der Waals surface area (Å²) in [7, 11) is 0. The highest BCUT2D eigenvalue weighted by molar-refractivity contribution is 5.89. The number of pyridine rings is 1. The lowest BCUT2D eigenvalue weighted by Gasteiger charge is -2.24. The number of carbonyl (C=O) groups is 1. The lowest BCUT2D eigenvalue weighted by molar-refractivity contribution is -0.114. The van der Waals surface area contributed by atoms with Crippen LogP contribution in [0.15, 0.2) is 30.5 Å². The minimum atomic E-state index is -0.203. The molecule has 3 N–H and O–H groups in total. The lowest BCUT2D eigenvalue weighted by atomic mass is 9.93. The van der Waals surface area contributed by atoms with Crippen LogP contribution in [0, 0.1) is 5.92 Å². The predicted octanol–water partition coefficient (Wildman–Crippen LogP) is 3.74. The summed E-state index contributed by atoms with van der Waals surface area (Å²) >= 11 is 0. The van der Waals surface area contributed by atoms with E-state index in [9.17, 15) is 4.79 Å². The monoisotopic (exact) mass is 369 g/mol. The molecule has 0 fully saturated rings. The van der Waals surface area contributed by atoms with Gasteiger partial charge in [0.05, 0.1) is 6.61 Å². The van der Waals surface area contributed by atoms with E-state index in [0.717, 1.165) is 34.6 Å². The number of fused-ring (bicyclic) bond motifs is 3. The summed E-state index contributed by atoms with van der Waals surface area (Å²) in [4.78, 5) is 15.5. The van der Waals surface area contributed by atoms with Crippen LogP contribution in [0.5, 0.6) is 11.5 Å². The quantitative estimate of drug-likeness (QED) is 0.810. The topological polar surface area (TPSA) is 86.5 Å². The fourth-order valence-electron chi connectivity index (χ4n) is 3.38. The molecule has 144 valence electrons. The van der Waals surface area contributed by atoms with Crippen molar-refractivity contribution in [2.45, 2.75) is 46.3 Å². The van der Waals surface area contributed by atoms with Crippen molar-refractivity contribution < 1.29 is 14.3 Å². The first-order chi connectivity index (χ1) is 12.7. The molecule has 1 aromatic heterocycles. The molecule has 1 unspecified atom stereocenters. The second-order valence-electron chi connectivity index (χ2n) is 7.96. The zero-order valence-corrected chi connectivity index (χ0v) is 16.3. The van der Waals surface area contributed by atoms with Crippen LogP contribution in [0.2, 0.25) is 0 Å². The average Bonchev–Trinajstić information content (AvgIpc) is 2.57. The lowest BCUT2D eigenvalue weighted by Crippen LogP contribution is -2.35. The maximum absolute atomic E-state index is 11.3. The fourth-order valence-corrected chi connectivity index (χ4v) is 3.38. The van der Waals surface area contributed by atoms with Gasteiger partial charge in [-0.3, -0.25) is 4.79 Å². The summed E-state index contributed by atoms with van der Waals surface area (Å²) in [5.41, 5.74) is 8.84. The number of aromatic nitrogens is 1. The number of hydrogen-bond donors (Lipinski definition) is 2. The Morgan fingerprint density at radius 3 is 2.85 bits per heavy atom. The number of hydrogen-bond acceptors (Lipinski definition) is 5. The van der Waals surface area contributed by atoms with Gasteiger partial charge in [0.2, 0.25) is 5.91 Å². The van der Waals surface area contributed by atoms with Crippen LogP contribution in [0.3, 0.4) is 0 Å². The van der Waals surface area contributed by atoms with Crippen LogP contribution in [0.4, 0.5) is 5.82 Å². The summed E-state index contributed by atoms with van der Waals surface area (Å²) in [6.45, 7) is 8.70. The largest absolute Gasteiger partial charge is 0.493 e. The number of benzene rings is 1. The van der Waals surface area contributed by atoms with Gasteiger partial charge in [0, 0.05) is 35.9 Å². The number of nitrogens with zero attached hydrogens (tertiary/aromatic N) is 1. The molecule has 27 heavy (non-hydrogen) atoms. The number of rotatable bonds is 6. The van der Waals surface area contributed by atoms with Gasteiger partial charge in [0.1, 0.15) is 23.9 Å². The van der Waals surface area contributed by atoms with Crippen molar-refractivity contribution in [2.75, 3.05) is 11.9 Å². The summed E-state index contributed by atoms with van der Waals surface area (Å²) in [6.07, 6.45) is 2.63. The third-order valence-electron chi connectivity index (χ3n) is 4.33. The highest BCUT2D eigenvalue weighted by atomic mass is 16.5. The smallest absolute Gasteiger partial charge is 0.222 e. The Bertz CT molecular complexity index is 843. The van der Waals surface area contributed by atoms with Gasteiger partial charge in [-0.15, -0.1) is 0 Å². The molecule has 6 nitrogen and oxygen atoms in total. The van der Waals surface area contributed by atoms with Crippen LogP contribution in [-0.4, -0.2) is 23.0 Å². The molecule has 1 atom stereocenters. The molecule has 6 heteroatoms. The van der Waals surface area contributed by atoms with Crippen LogP contribution in [0.1, 0.15) is 39.7 Å². The normalized spacial score (nSPS) is 13.8. The molecule has 0 bridgehead atoms. The molecular weight excluding hydrogens is 342 g/mol. The van der Waals surface area contributed by atoms with Crippen molar-refractivity contribution in [3.8, 4) is 22.6 Å². The van der Waals surface area contributed by atoms with E-state index in [1.54, 1.807) is 6.20 Å². The van der Waals surface area contributed by atoms with Crippen molar-refractivity contribution in [2.24, 2.45) is 11.7 Å². The number of nitrogens with one attached hydrogen (secondary N) is 1. The minimum absolute atomic E-state index is 0.145. The number of ether oxygens (including phenoxy) is 2. The molecule has 3 rings (SSSR count). The van der Waals surface area contributed by atoms with Crippen molar-refractivity contribution in [1.82, 2.24) is 4.98 Å². The van der Waals surface area contributed by atoms with E-state index in [1.165, 1.54) is 6.92 Å². The van der Waals surface area contributed by atoms with Gasteiger partial charge in [-0.1, -0.05) is 6.92 Å². The Labute approximate surface area is 160 Å². The Kier molecular flexibility index (Phi) is 5.37. The van der Waals surface area contributed by atoms with Crippen LogP contribution in [-0.2, 0) is 11.4 Å². The van der Waals surface area contributed by atoms with E-state index in [1.807, 2.05) is 38.1 Å². The third-order valence-corrected chi connectivity index (χ3v) is 4.33. The van der Waals surface area contributed by atoms with Gasteiger partial charge in [-0.2, -0.15) is 0 Å². The van der Waals surface area contributed by atoms with Crippen LogP contribution >= 0.6 is 0 Å². The highest BCUT2D eigenvalue weighted by Gasteiger charge is 2.20. The van der Waals surface area contributed by atoms with Crippen molar-refractivity contribution in [1.29, 1.82) is 0 Å². The van der Waals surface area contributed by atoms with Gasteiger partial charge in [-0.05, 0) is 49.9 Å². The molecule has 0 saturated heterocycles. The van der Waals surface area contributed by atoms with Gasteiger partial charge < -0.3 is 20.5 Å². The van der Waals surface area contributed by atoms with Crippen molar-refractivity contribution in [3.05, 3.63) is 36.0 Å². The molecule has 0 radical (unpaired) electrons. The van der Waals surface area contributed by atoms with Gasteiger partial charge >= 0.3 is 0 Å². The molecular formula is C21H27N3O3. The Balaban J connectivity index is 1.76. The van der Waals surface area contributed by atoms with Gasteiger partial charge in [-0.25, -0.2) is 4.98 Å². The van der Waals surface area contributed by atoms with Crippen molar-refractivity contribution >= 4 is 11.7 Å². The Morgan fingerprint density at radius 2 is 2.15 bits per heavy atom. The summed E-state index contributed by atoms with van der Waals surface area (Å²) in [5.74, 6) is 2.29. The summed E-state index contributed by atoms with van der Waals surface area (Å²) < 4.78 is 11.8. The van der Waals surface area contributed by atoms with Crippen molar-refractivity contribution in [3.63, 3.8) is 0 Å². The molecule has 0 saturated carbocycles. The number of carbonyl (C=O) groups excluding carboxylic acids is 1. The minimum Gasteiger partial charge on any atom is -0.493 e. The predicted molar refractivity (Wildman–Crippen MR) is 106 cm³/mol. The Hall–Kier alpha value is -2.60. The van der Waals surface area contributed by atoms with E-state index in [2.05, 4.69) is 17.2 Å². The number of amides is 1. The summed E-state index contributed by atoms with van der Waals surface area (Å²) in [6, 6.07) is 7.72. The third kappa shape index (κ3) is 4.98. The van der Waals surface area contributed by atoms with E-state index >= 15 is 0 Å². The van der Waals surface area contributed by atoms with Gasteiger partial charge in [0.25, 0.3) is 0 Å². The molecule has 0 spiro atoms. The first-order valence-electron chi connectivity index (χ1n) is 9.17. The second-order valence-corrected chi connectivity index (χ2v) is 7.96. The SMILES string of the molecule is CC(=O)Nc1cc2c(cn1)COc1cc(OCC(C)CC(C)(C)N)ccc1-2. The number of anilines is 1. The number of nitrogens with two attached hydrogens (primary N) is 1. The molecule has 0 aliphatic carbocycles. The maximum atomic E-state index is 11.3. The van der Waals surface area contributed by atoms with E-state index in [-0.39, 0.29) is 11.4 Å². The highest BCUT2D eigenvalue weighted by Crippen LogP contribution is 2.40. The summed E-state index contributed by atoms with van der Waals surface area (Å²) in [5, 5.41) is 2.72. The standard InChI is InChI=1S/C21H27N3O3/c1-13(9-21(3,4)22)11-26-16-5-6-17-18-8-20(24-14(2)25)23-10-15(18)12-27-19(17)7-16/h5-8,10,13H,9,11-12,22H2,1-4H3,(H,23,24,25). The molecule has 1 aliphatic heterocycles. The van der Waals surface area contributed by atoms with E-state index < -0.39 is 0 Å². The first kappa shape index (κ1) is 19.2. The molecule has 1 amide bonds. The second kappa shape index (κ2) is 7.56. The van der Waals surface area contributed by atoms with E-state index in [0.29, 0.717) is 24.9 Å². The Morgan fingerprint density at radius 1 is 1.37 bits per heavy atom. The van der Waals surface area contributed by atoms with Gasteiger partial charge in [0.15, 0.2) is 0 Å². The molecule has 1 aliphatic rings. The zero-order chi connectivity index (χ0) is 19.6. The zero-order valence-electron chi connectivity index (χ0n) is 16.3. The average molecular weight is 369 g/mol. The van der Waals surface area contributed by atoms with E-state index in [4.69, 9.17) is 15.2 Å². The van der Waals surface area contributed by atoms with Crippen LogP contribution < -0.4 is 20.5 Å². The first-order valence-corrected chi connectivity index (χ1v) is 9.17. The fraction of sp³-hybridized carbons (Fsp3) is 0.429. The maximum Gasteiger partial charge on any atom is 0.222 e.